The molecule has 0 radical (unpaired) electrons. The first-order chi connectivity index (χ1) is 14.1. The smallest absolute Gasteiger partial charge is 0.410 e. The zero-order valence-corrected chi connectivity index (χ0v) is 19.8. The maximum Gasteiger partial charge on any atom is 0.410 e. The van der Waals surface area contributed by atoms with Crippen LogP contribution in [0.2, 0.25) is 0 Å². The SMILES string of the molecule is Cc1cc2c(Br)cc(OCCC3CNCCN3C(=O)OC(C)(C)C)cc2n(C)c1=O. The summed E-state index contributed by atoms with van der Waals surface area (Å²) in [5.41, 5.74) is 0.971. The minimum atomic E-state index is -0.519. The lowest BCUT2D eigenvalue weighted by Gasteiger charge is -2.37. The summed E-state index contributed by atoms with van der Waals surface area (Å²) in [6.07, 6.45) is 0.391. The van der Waals surface area contributed by atoms with Crippen molar-refractivity contribution in [3.8, 4) is 5.75 Å². The zero-order valence-electron chi connectivity index (χ0n) is 18.3. The van der Waals surface area contributed by atoms with E-state index in [9.17, 15) is 9.59 Å². The summed E-state index contributed by atoms with van der Waals surface area (Å²) in [6.45, 7) is 9.95. The number of hydrogen-bond acceptors (Lipinski definition) is 5. The van der Waals surface area contributed by atoms with Gasteiger partial charge in [0, 0.05) is 54.6 Å². The molecule has 0 bridgehead atoms. The molecule has 2 heterocycles. The van der Waals surface area contributed by atoms with Gasteiger partial charge in [-0.3, -0.25) is 4.79 Å². The lowest BCUT2D eigenvalue weighted by molar-refractivity contribution is 0.00985. The Morgan fingerprint density at radius 3 is 2.73 bits per heavy atom. The first kappa shape index (κ1) is 22.6. The predicted octanol–water partition coefficient (Wildman–Crippen LogP) is 3.59. The second-order valence-electron chi connectivity index (χ2n) is 8.70. The molecular weight excluding hydrogens is 450 g/mol. The van der Waals surface area contributed by atoms with E-state index in [0.717, 1.165) is 21.9 Å². The average Bonchev–Trinajstić information content (AvgIpc) is 2.66. The van der Waals surface area contributed by atoms with Crippen molar-refractivity contribution in [1.82, 2.24) is 14.8 Å². The molecule has 7 nitrogen and oxygen atoms in total. The van der Waals surface area contributed by atoms with E-state index in [4.69, 9.17) is 9.47 Å². The molecular formula is C22H30BrN3O4. The van der Waals surface area contributed by atoms with Crippen LogP contribution in [0.5, 0.6) is 5.75 Å². The fraction of sp³-hybridized carbons (Fsp3) is 0.545. The molecule has 8 heteroatoms. The third-order valence-corrected chi connectivity index (χ3v) is 5.80. The Bertz CT molecular complexity index is 997. The summed E-state index contributed by atoms with van der Waals surface area (Å²) in [4.78, 5) is 26.6. The molecule has 1 atom stereocenters. The molecule has 1 aliphatic heterocycles. The van der Waals surface area contributed by atoms with Gasteiger partial charge in [0.15, 0.2) is 0 Å². The van der Waals surface area contributed by atoms with Gasteiger partial charge in [0.2, 0.25) is 0 Å². The van der Waals surface area contributed by atoms with Crippen molar-refractivity contribution < 1.29 is 14.3 Å². The third kappa shape index (κ3) is 5.16. The number of piperazine rings is 1. The van der Waals surface area contributed by atoms with Gasteiger partial charge >= 0.3 is 6.09 Å². The number of benzene rings is 1. The number of fused-ring (bicyclic) bond motifs is 1. The van der Waals surface area contributed by atoms with Crippen LogP contribution in [0.15, 0.2) is 27.5 Å². The van der Waals surface area contributed by atoms with Crippen LogP contribution in [0.25, 0.3) is 10.9 Å². The van der Waals surface area contributed by atoms with Crippen molar-refractivity contribution in [2.45, 2.75) is 45.8 Å². The molecule has 1 aromatic carbocycles. The molecule has 30 heavy (non-hydrogen) atoms. The third-order valence-electron chi connectivity index (χ3n) is 5.14. The second-order valence-corrected chi connectivity index (χ2v) is 9.55. The van der Waals surface area contributed by atoms with Crippen LogP contribution in [-0.2, 0) is 11.8 Å². The topological polar surface area (TPSA) is 72.8 Å². The molecule has 2 aromatic rings. The maximum absolute atomic E-state index is 12.5. The van der Waals surface area contributed by atoms with Crippen molar-refractivity contribution >= 4 is 32.9 Å². The first-order valence-corrected chi connectivity index (χ1v) is 11.0. The molecule has 1 amide bonds. The van der Waals surface area contributed by atoms with E-state index in [-0.39, 0.29) is 17.7 Å². The zero-order chi connectivity index (χ0) is 22.1. The Morgan fingerprint density at radius 1 is 1.30 bits per heavy atom. The van der Waals surface area contributed by atoms with Crippen LogP contribution in [0.1, 0.15) is 32.8 Å². The number of halogens is 1. The first-order valence-electron chi connectivity index (χ1n) is 10.2. The van der Waals surface area contributed by atoms with E-state index in [0.29, 0.717) is 37.4 Å². The lowest BCUT2D eigenvalue weighted by Crippen LogP contribution is -2.55. The molecule has 1 aromatic heterocycles. The van der Waals surface area contributed by atoms with Gasteiger partial charge in [-0.15, -0.1) is 0 Å². The Hall–Kier alpha value is -2.06. The molecule has 1 aliphatic rings. The lowest BCUT2D eigenvalue weighted by atomic mass is 10.1. The van der Waals surface area contributed by atoms with Gasteiger partial charge in [0.1, 0.15) is 11.4 Å². The summed E-state index contributed by atoms with van der Waals surface area (Å²) in [6, 6.07) is 5.69. The number of aryl methyl sites for hydroxylation is 2. The van der Waals surface area contributed by atoms with Crippen molar-refractivity contribution in [3.63, 3.8) is 0 Å². The van der Waals surface area contributed by atoms with Crippen LogP contribution in [-0.4, -0.2) is 53.4 Å². The van der Waals surface area contributed by atoms with Crippen LogP contribution in [0, 0.1) is 6.92 Å². The van der Waals surface area contributed by atoms with E-state index in [2.05, 4.69) is 21.2 Å². The molecule has 3 rings (SSSR count). The fourth-order valence-corrected chi connectivity index (χ4v) is 4.17. The second kappa shape index (κ2) is 8.98. The minimum Gasteiger partial charge on any atom is -0.493 e. The molecule has 0 spiro atoms. The quantitative estimate of drug-likeness (QED) is 0.725. The maximum atomic E-state index is 12.5. The van der Waals surface area contributed by atoms with Gasteiger partial charge in [-0.05, 0) is 55.8 Å². The van der Waals surface area contributed by atoms with Gasteiger partial charge < -0.3 is 24.3 Å². The number of rotatable bonds is 4. The minimum absolute atomic E-state index is 0.00417. The van der Waals surface area contributed by atoms with Crippen molar-refractivity contribution in [3.05, 3.63) is 38.6 Å². The van der Waals surface area contributed by atoms with E-state index < -0.39 is 5.60 Å². The van der Waals surface area contributed by atoms with Crippen LogP contribution >= 0.6 is 15.9 Å². The molecule has 0 aliphatic carbocycles. The average molecular weight is 480 g/mol. The molecule has 0 saturated carbocycles. The molecule has 1 saturated heterocycles. The van der Waals surface area contributed by atoms with E-state index >= 15 is 0 Å². The van der Waals surface area contributed by atoms with Crippen LogP contribution < -0.4 is 15.6 Å². The number of pyridine rings is 1. The van der Waals surface area contributed by atoms with Gasteiger partial charge in [0.05, 0.1) is 18.2 Å². The van der Waals surface area contributed by atoms with Crippen LogP contribution in [0.3, 0.4) is 0 Å². The number of nitrogens with one attached hydrogen (secondary N) is 1. The summed E-state index contributed by atoms with van der Waals surface area (Å²) in [7, 11) is 1.76. The summed E-state index contributed by atoms with van der Waals surface area (Å²) in [5.74, 6) is 0.681. The Labute approximate surface area is 185 Å². The Balaban J connectivity index is 1.70. The standard InChI is InChI=1S/C22H30BrN3O4/c1-14-10-17-18(23)11-16(12-19(17)25(5)20(14)27)29-9-6-15-13-24-7-8-26(15)21(28)30-22(2,3)4/h10-12,15,24H,6-9,13H2,1-5H3. The molecule has 1 N–H and O–H groups in total. The van der Waals surface area contributed by atoms with E-state index in [1.165, 1.54) is 0 Å². The number of nitrogens with zero attached hydrogens (tertiary/aromatic N) is 2. The van der Waals surface area contributed by atoms with Gasteiger partial charge in [-0.1, -0.05) is 0 Å². The van der Waals surface area contributed by atoms with Crippen LogP contribution in [0.4, 0.5) is 4.79 Å². The van der Waals surface area contributed by atoms with Crippen molar-refractivity contribution in [2.24, 2.45) is 7.05 Å². The molecule has 1 unspecified atom stereocenters. The van der Waals surface area contributed by atoms with Crippen molar-refractivity contribution in [1.29, 1.82) is 0 Å². The number of carbonyl (C=O) groups excluding carboxylic acids is 1. The molecule has 164 valence electrons. The fourth-order valence-electron chi connectivity index (χ4n) is 3.63. The van der Waals surface area contributed by atoms with Gasteiger partial charge in [0.25, 0.3) is 5.56 Å². The number of carbonyl (C=O) groups is 1. The summed E-state index contributed by atoms with van der Waals surface area (Å²) in [5, 5.41) is 4.30. The summed E-state index contributed by atoms with van der Waals surface area (Å²) < 4.78 is 14.1. The Kier molecular flexibility index (Phi) is 6.77. The highest BCUT2D eigenvalue weighted by Crippen LogP contribution is 2.29. The number of aromatic nitrogens is 1. The highest BCUT2D eigenvalue weighted by molar-refractivity contribution is 9.10. The molecule has 1 fully saturated rings. The van der Waals surface area contributed by atoms with Gasteiger partial charge in [-0.2, -0.15) is 0 Å². The largest absolute Gasteiger partial charge is 0.493 e. The number of amides is 1. The van der Waals surface area contributed by atoms with E-state index in [1.807, 2.05) is 45.9 Å². The summed E-state index contributed by atoms with van der Waals surface area (Å²) >= 11 is 3.59. The van der Waals surface area contributed by atoms with Crippen molar-refractivity contribution in [2.75, 3.05) is 26.2 Å². The highest BCUT2D eigenvalue weighted by Gasteiger charge is 2.30. The van der Waals surface area contributed by atoms with E-state index in [1.54, 1.807) is 16.5 Å². The predicted molar refractivity (Wildman–Crippen MR) is 121 cm³/mol. The highest BCUT2D eigenvalue weighted by atomic mass is 79.9. The normalized spacial score (nSPS) is 17.3. The van der Waals surface area contributed by atoms with Gasteiger partial charge in [-0.25, -0.2) is 4.79 Å². The Morgan fingerprint density at radius 2 is 2.03 bits per heavy atom. The number of ether oxygens (including phenoxy) is 2. The monoisotopic (exact) mass is 479 g/mol. The number of hydrogen-bond donors (Lipinski definition) is 1.